The van der Waals surface area contributed by atoms with E-state index >= 15 is 0 Å². The van der Waals surface area contributed by atoms with Crippen molar-refractivity contribution in [3.05, 3.63) is 11.6 Å². The monoisotopic (exact) mass is 406 g/mol. The lowest BCUT2D eigenvalue weighted by Gasteiger charge is -2.12. The summed E-state index contributed by atoms with van der Waals surface area (Å²) in [6, 6.07) is 0.573. The van der Waals surface area contributed by atoms with E-state index in [1.807, 2.05) is 18.5 Å². The van der Waals surface area contributed by atoms with Crippen LogP contribution >= 0.6 is 24.0 Å². The van der Waals surface area contributed by atoms with Crippen LogP contribution in [0.5, 0.6) is 0 Å². The summed E-state index contributed by atoms with van der Waals surface area (Å²) in [7, 11) is 1.97. The molecule has 2 unspecified atom stereocenters. The molecule has 0 spiro atoms. The minimum absolute atomic E-state index is 0. The Morgan fingerprint density at radius 1 is 1.43 bits per heavy atom. The lowest BCUT2D eigenvalue weighted by Crippen LogP contribution is -2.39. The van der Waals surface area contributed by atoms with Gasteiger partial charge >= 0.3 is 0 Å². The molecular weight excluding hydrogens is 379 g/mol. The second-order valence-electron chi connectivity index (χ2n) is 5.63. The van der Waals surface area contributed by atoms with Gasteiger partial charge < -0.3 is 15.2 Å². The first kappa shape index (κ1) is 18.2. The van der Waals surface area contributed by atoms with E-state index in [9.17, 15) is 0 Å². The molecule has 1 aromatic rings. The van der Waals surface area contributed by atoms with Crippen LogP contribution in [0.1, 0.15) is 44.8 Å². The van der Waals surface area contributed by atoms with Crippen LogP contribution in [-0.4, -0.2) is 33.3 Å². The van der Waals surface area contributed by atoms with Crippen LogP contribution in [0.3, 0.4) is 0 Å². The third-order valence-corrected chi connectivity index (χ3v) is 3.82. The fourth-order valence-electron chi connectivity index (χ4n) is 1.97. The highest BCUT2D eigenvalue weighted by atomic mass is 127. The van der Waals surface area contributed by atoms with Crippen molar-refractivity contribution in [3.63, 3.8) is 0 Å². The third kappa shape index (κ3) is 5.44. The zero-order valence-corrected chi connectivity index (χ0v) is 15.7. The van der Waals surface area contributed by atoms with Gasteiger partial charge in [-0.05, 0) is 25.7 Å². The van der Waals surface area contributed by atoms with Crippen LogP contribution in [0, 0.1) is 12.8 Å². The summed E-state index contributed by atoms with van der Waals surface area (Å²) in [5.41, 5.74) is 0. The summed E-state index contributed by atoms with van der Waals surface area (Å²) in [6.45, 7) is 7.91. The lowest BCUT2D eigenvalue weighted by atomic mass is 10.3. The van der Waals surface area contributed by atoms with E-state index in [2.05, 4.69) is 39.7 Å². The number of nitrogens with one attached hydrogen (secondary N) is 2. The second kappa shape index (κ2) is 8.55. The van der Waals surface area contributed by atoms with Gasteiger partial charge in [0.2, 0.25) is 0 Å². The quantitative estimate of drug-likeness (QED) is 0.328. The molecule has 6 nitrogen and oxygen atoms in total. The lowest BCUT2D eigenvalue weighted by molar-refractivity contribution is 0.704. The molecule has 0 bridgehead atoms. The van der Waals surface area contributed by atoms with E-state index in [1.165, 1.54) is 12.8 Å². The summed E-state index contributed by atoms with van der Waals surface area (Å²) in [6.07, 6.45) is 3.57. The summed E-state index contributed by atoms with van der Waals surface area (Å²) in [4.78, 5) is 4.63. The number of aliphatic imine (C=N–C) groups is 1. The first-order valence-corrected chi connectivity index (χ1v) is 7.51. The molecule has 0 aromatic carbocycles. The van der Waals surface area contributed by atoms with E-state index in [4.69, 9.17) is 0 Å². The predicted molar refractivity (Wildman–Crippen MR) is 95.9 cm³/mol. The van der Waals surface area contributed by atoms with Gasteiger partial charge in [-0.25, -0.2) is 4.99 Å². The Bertz CT molecular complexity index is 470. The highest BCUT2D eigenvalue weighted by molar-refractivity contribution is 14.0. The summed E-state index contributed by atoms with van der Waals surface area (Å²) in [5, 5.41) is 15.1. The van der Waals surface area contributed by atoms with Gasteiger partial charge in [-0.1, -0.05) is 20.3 Å². The molecule has 0 saturated heterocycles. The van der Waals surface area contributed by atoms with E-state index in [0.29, 0.717) is 12.6 Å². The van der Waals surface area contributed by atoms with Crippen molar-refractivity contribution in [2.45, 2.75) is 52.6 Å². The molecule has 1 aromatic heterocycles. The summed E-state index contributed by atoms with van der Waals surface area (Å²) >= 11 is 0. The molecule has 1 aliphatic carbocycles. The Morgan fingerprint density at radius 2 is 2.14 bits per heavy atom. The molecule has 2 rings (SSSR count). The molecule has 1 aliphatic rings. The molecule has 7 heteroatoms. The maximum absolute atomic E-state index is 4.63. The Hall–Kier alpha value is -0.860. The number of guanidine groups is 1. The van der Waals surface area contributed by atoms with Crippen molar-refractivity contribution in [2.75, 3.05) is 6.54 Å². The number of halogens is 1. The highest BCUT2D eigenvalue weighted by Crippen LogP contribution is 2.28. The van der Waals surface area contributed by atoms with Gasteiger partial charge in [0, 0.05) is 19.6 Å². The molecule has 1 heterocycles. The van der Waals surface area contributed by atoms with E-state index in [0.717, 1.165) is 36.5 Å². The Kier molecular flexibility index (Phi) is 7.41. The normalized spacial score (nSPS) is 20.9. The van der Waals surface area contributed by atoms with Crippen LogP contribution in [0.25, 0.3) is 0 Å². The molecule has 2 N–H and O–H groups in total. The van der Waals surface area contributed by atoms with Crippen molar-refractivity contribution in [1.29, 1.82) is 0 Å². The van der Waals surface area contributed by atoms with Crippen LogP contribution in [0.15, 0.2) is 4.99 Å². The number of aromatic nitrogens is 3. The van der Waals surface area contributed by atoms with Gasteiger partial charge in [0.25, 0.3) is 0 Å². The standard InChI is InChI=1S/C14H26N6.HI/c1-5-6-7-15-14(17-12-8-10(12)2)16-9-13-19-18-11(3)20(13)4;/h10,12H,5-9H2,1-4H3,(H2,15,16,17);1H. The van der Waals surface area contributed by atoms with Gasteiger partial charge in [-0.2, -0.15) is 0 Å². The van der Waals surface area contributed by atoms with Crippen molar-refractivity contribution < 1.29 is 0 Å². The van der Waals surface area contributed by atoms with Crippen molar-refractivity contribution in [2.24, 2.45) is 18.0 Å². The number of aryl methyl sites for hydroxylation is 1. The molecule has 1 saturated carbocycles. The van der Waals surface area contributed by atoms with Gasteiger partial charge in [0.05, 0.1) is 0 Å². The molecule has 21 heavy (non-hydrogen) atoms. The van der Waals surface area contributed by atoms with E-state index in [1.54, 1.807) is 0 Å². The van der Waals surface area contributed by atoms with Crippen LogP contribution in [-0.2, 0) is 13.6 Å². The molecular formula is C14H27IN6. The molecule has 0 aliphatic heterocycles. The third-order valence-electron chi connectivity index (χ3n) is 3.82. The molecule has 1 fully saturated rings. The topological polar surface area (TPSA) is 67.1 Å². The highest BCUT2D eigenvalue weighted by Gasteiger charge is 2.33. The SMILES string of the molecule is CCCCNC(=NCc1nnc(C)n1C)NC1CC1C.I. The van der Waals surface area contributed by atoms with Crippen molar-refractivity contribution in [3.8, 4) is 0 Å². The first-order chi connectivity index (χ1) is 9.61. The predicted octanol–water partition coefficient (Wildman–Crippen LogP) is 1.99. The van der Waals surface area contributed by atoms with Crippen LogP contribution in [0.4, 0.5) is 0 Å². The smallest absolute Gasteiger partial charge is 0.191 e. The second-order valence-corrected chi connectivity index (χ2v) is 5.63. The first-order valence-electron chi connectivity index (χ1n) is 7.51. The van der Waals surface area contributed by atoms with Gasteiger partial charge in [0.15, 0.2) is 11.8 Å². The molecule has 0 amide bonds. The average molecular weight is 406 g/mol. The van der Waals surface area contributed by atoms with Crippen molar-refractivity contribution in [1.82, 2.24) is 25.4 Å². The maximum atomic E-state index is 4.63. The van der Waals surface area contributed by atoms with E-state index < -0.39 is 0 Å². The number of unbranched alkanes of at least 4 members (excludes halogenated alkanes) is 1. The fourth-order valence-corrected chi connectivity index (χ4v) is 1.97. The number of nitrogens with zero attached hydrogens (tertiary/aromatic N) is 4. The fraction of sp³-hybridized carbons (Fsp3) is 0.786. The number of rotatable bonds is 6. The zero-order chi connectivity index (χ0) is 14.5. The van der Waals surface area contributed by atoms with Gasteiger partial charge in [-0.15, -0.1) is 34.2 Å². The zero-order valence-electron chi connectivity index (χ0n) is 13.4. The number of hydrogen-bond acceptors (Lipinski definition) is 3. The van der Waals surface area contributed by atoms with Gasteiger partial charge in [0.1, 0.15) is 12.4 Å². The van der Waals surface area contributed by atoms with Crippen LogP contribution in [0.2, 0.25) is 0 Å². The Balaban J connectivity index is 0.00000220. The maximum Gasteiger partial charge on any atom is 0.191 e. The molecule has 0 radical (unpaired) electrons. The van der Waals surface area contributed by atoms with Crippen LogP contribution < -0.4 is 10.6 Å². The summed E-state index contributed by atoms with van der Waals surface area (Å²) < 4.78 is 1.98. The largest absolute Gasteiger partial charge is 0.356 e. The Morgan fingerprint density at radius 3 is 2.67 bits per heavy atom. The summed E-state index contributed by atoms with van der Waals surface area (Å²) in [5.74, 6) is 3.46. The average Bonchev–Trinajstić information content (AvgIpc) is 3.03. The molecule has 2 atom stereocenters. The van der Waals surface area contributed by atoms with E-state index in [-0.39, 0.29) is 24.0 Å². The minimum Gasteiger partial charge on any atom is -0.356 e. The number of hydrogen-bond donors (Lipinski definition) is 2. The minimum atomic E-state index is 0. The Labute approximate surface area is 144 Å². The van der Waals surface area contributed by atoms with Crippen molar-refractivity contribution >= 4 is 29.9 Å². The molecule has 120 valence electrons. The van der Waals surface area contributed by atoms with Gasteiger partial charge in [-0.3, -0.25) is 0 Å².